The number of likely N-dealkylation sites (tertiary alicyclic amines) is 1. The molecule has 0 aromatic heterocycles. The molecule has 0 saturated carbocycles. The second-order valence-electron chi connectivity index (χ2n) is 7.75. The molecule has 154 valence electrons. The van der Waals surface area contributed by atoms with Gasteiger partial charge in [-0.3, -0.25) is 19.4 Å². The summed E-state index contributed by atoms with van der Waals surface area (Å²) in [5, 5.41) is 12.8. The summed E-state index contributed by atoms with van der Waals surface area (Å²) in [7, 11) is 0. The number of nitrogens with one attached hydrogen (secondary N) is 1. The monoisotopic (exact) mass is 388 g/mol. The SMILES string of the molecule is CCc1ccccc1NC(=O)CN1CCN(C(=O)CN2CCCC(O)C2)CC1. The van der Waals surface area contributed by atoms with Crippen molar-refractivity contribution in [2.45, 2.75) is 32.3 Å². The predicted molar refractivity (Wildman–Crippen MR) is 109 cm³/mol. The molecular formula is C21H32N4O3. The van der Waals surface area contributed by atoms with Crippen molar-refractivity contribution in [2.75, 3.05) is 57.7 Å². The van der Waals surface area contributed by atoms with E-state index in [1.165, 1.54) is 0 Å². The summed E-state index contributed by atoms with van der Waals surface area (Å²) in [6.07, 6.45) is 2.34. The topological polar surface area (TPSA) is 76.1 Å². The number of aryl methyl sites for hydroxylation is 1. The quantitative estimate of drug-likeness (QED) is 0.754. The first-order valence-corrected chi connectivity index (χ1v) is 10.3. The van der Waals surface area contributed by atoms with Crippen LogP contribution in [-0.2, 0) is 16.0 Å². The van der Waals surface area contributed by atoms with E-state index in [9.17, 15) is 14.7 Å². The number of anilines is 1. The van der Waals surface area contributed by atoms with Gasteiger partial charge in [0.2, 0.25) is 11.8 Å². The highest BCUT2D eigenvalue weighted by atomic mass is 16.3. The fourth-order valence-corrected chi connectivity index (χ4v) is 3.96. The third-order valence-corrected chi connectivity index (χ3v) is 5.60. The molecule has 2 N–H and O–H groups in total. The lowest BCUT2D eigenvalue weighted by atomic mass is 10.1. The van der Waals surface area contributed by atoms with Crippen molar-refractivity contribution in [1.29, 1.82) is 0 Å². The van der Waals surface area contributed by atoms with E-state index in [0.29, 0.717) is 45.8 Å². The number of benzene rings is 1. The predicted octanol–water partition coefficient (Wildman–Crippen LogP) is 0.788. The molecule has 0 spiro atoms. The molecule has 2 aliphatic heterocycles. The Morgan fingerprint density at radius 1 is 1.07 bits per heavy atom. The molecule has 3 rings (SSSR count). The normalized spacial score (nSPS) is 21.5. The molecule has 2 aliphatic rings. The minimum absolute atomic E-state index is 0.0111. The molecule has 7 nitrogen and oxygen atoms in total. The van der Waals surface area contributed by atoms with E-state index in [-0.39, 0.29) is 17.9 Å². The molecule has 2 fully saturated rings. The zero-order chi connectivity index (χ0) is 19.9. The Kier molecular flexibility index (Phi) is 7.42. The average molecular weight is 389 g/mol. The van der Waals surface area contributed by atoms with Crippen LogP contribution in [0.15, 0.2) is 24.3 Å². The van der Waals surface area contributed by atoms with Crippen LogP contribution < -0.4 is 5.32 Å². The van der Waals surface area contributed by atoms with Crippen LogP contribution in [0.4, 0.5) is 5.69 Å². The Morgan fingerprint density at radius 3 is 2.54 bits per heavy atom. The van der Waals surface area contributed by atoms with Gasteiger partial charge in [0.05, 0.1) is 19.2 Å². The van der Waals surface area contributed by atoms with Gasteiger partial charge in [-0.05, 0) is 37.4 Å². The molecule has 1 unspecified atom stereocenters. The Hall–Kier alpha value is -1.96. The van der Waals surface area contributed by atoms with Gasteiger partial charge in [-0.15, -0.1) is 0 Å². The van der Waals surface area contributed by atoms with Crippen molar-refractivity contribution < 1.29 is 14.7 Å². The van der Waals surface area contributed by atoms with Gasteiger partial charge < -0.3 is 15.3 Å². The average Bonchev–Trinajstić information content (AvgIpc) is 2.69. The Morgan fingerprint density at radius 2 is 1.82 bits per heavy atom. The molecule has 0 radical (unpaired) electrons. The van der Waals surface area contributed by atoms with E-state index >= 15 is 0 Å². The number of β-amino-alcohol motifs (C(OH)–C–C–N with tert-alkyl or cyclic N) is 1. The van der Waals surface area contributed by atoms with E-state index < -0.39 is 0 Å². The molecule has 1 aromatic rings. The Balaban J connectivity index is 1.41. The van der Waals surface area contributed by atoms with Gasteiger partial charge in [-0.25, -0.2) is 0 Å². The van der Waals surface area contributed by atoms with Crippen molar-refractivity contribution in [3.05, 3.63) is 29.8 Å². The summed E-state index contributed by atoms with van der Waals surface area (Å²) in [5.74, 6) is 0.109. The van der Waals surface area contributed by atoms with Crippen molar-refractivity contribution in [3.63, 3.8) is 0 Å². The number of nitrogens with zero attached hydrogens (tertiary/aromatic N) is 3. The molecule has 7 heteroatoms. The van der Waals surface area contributed by atoms with E-state index in [0.717, 1.165) is 37.1 Å². The van der Waals surface area contributed by atoms with Crippen LogP contribution in [-0.4, -0.2) is 90.1 Å². The second-order valence-corrected chi connectivity index (χ2v) is 7.75. The fraction of sp³-hybridized carbons (Fsp3) is 0.619. The largest absolute Gasteiger partial charge is 0.392 e. The van der Waals surface area contributed by atoms with Gasteiger partial charge in [0, 0.05) is 38.4 Å². The van der Waals surface area contributed by atoms with Gasteiger partial charge in [-0.1, -0.05) is 25.1 Å². The van der Waals surface area contributed by atoms with E-state index in [1.807, 2.05) is 34.1 Å². The van der Waals surface area contributed by atoms with Crippen LogP contribution in [0.25, 0.3) is 0 Å². The number of aliphatic hydroxyl groups is 1. The summed E-state index contributed by atoms with van der Waals surface area (Å²) in [6.45, 7) is 6.97. The van der Waals surface area contributed by atoms with Crippen molar-refractivity contribution in [2.24, 2.45) is 0 Å². The Bertz CT molecular complexity index is 673. The number of piperazine rings is 1. The van der Waals surface area contributed by atoms with Crippen molar-refractivity contribution in [3.8, 4) is 0 Å². The fourth-order valence-electron chi connectivity index (χ4n) is 3.96. The summed E-state index contributed by atoms with van der Waals surface area (Å²) in [4.78, 5) is 30.9. The van der Waals surface area contributed by atoms with Gasteiger partial charge in [0.15, 0.2) is 0 Å². The highest BCUT2D eigenvalue weighted by molar-refractivity contribution is 5.93. The molecule has 0 bridgehead atoms. The van der Waals surface area contributed by atoms with Crippen LogP contribution in [0.3, 0.4) is 0 Å². The number of carbonyl (C=O) groups is 2. The lowest BCUT2D eigenvalue weighted by molar-refractivity contribution is -0.135. The summed E-state index contributed by atoms with van der Waals surface area (Å²) in [5.41, 5.74) is 2.02. The molecule has 28 heavy (non-hydrogen) atoms. The summed E-state index contributed by atoms with van der Waals surface area (Å²) >= 11 is 0. The number of rotatable bonds is 6. The highest BCUT2D eigenvalue weighted by Crippen LogP contribution is 2.15. The number of aliphatic hydroxyl groups excluding tert-OH is 1. The molecule has 1 aromatic carbocycles. The smallest absolute Gasteiger partial charge is 0.238 e. The number of carbonyl (C=O) groups excluding carboxylic acids is 2. The van der Waals surface area contributed by atoms with Crippen molar-refractivity contribution >= 4 is 17.5 Å². The maximum absolute atomic E-state index is 12.5. The number of hydrogen-bond acceptors (Lipinski definition) is 5. The van der Waals surface area contributed by atoms with E-state index in [4.69, 9.17) is 0 Å². The minimum atomic E-state index is -0.310. The lowest BCUT2D eigenvalue weighted by Crippen LogP contribution is -2.53. The first kappa shape index (κ1) is 20.8. The minimum Gasteiger partial charge on any atom is -0.392 e. The molecule has 2 saturated heterocycles. The summed E-state index contributed by atoms with van der Waals surface area (Å²) < 4.78 is 0. The maximum atomic E-state index is 12.5. The molecule has 0 aliphatic carbocycles. The standard InChI is InChI=1S/C21H32N4O3/c1-2-17-6-3-4-8-19(17)22-20(27)15-23-10-12-25(13-11-23)21(28)16-24-9-5-7-18(26)14-24/h3-4,6,8,18,26H,2,5,7,9-16H2,1H3,(H,22,27). The first-order chi connectivity index (χ1) is 13.5. The van der Waals surface area contributed by atoms with Gasteiger partial charge in [-0.2, -0.15) is 0 Å². The zero-order valence-electron chi connectivity index (χ0n) is 16.8. The molecule has 1 atom stereocenters. The molecule has 2 heterocycles. The lowest BCUT2D eigenvalue weighted by Gasteiger charge is -2.36. The Labute approximate surface area is 167 Å². The number of hydrogen-bond donors (Lipinski definition) is 2. The number of piperidine rings is 1. The van der Waals surface area contributed by atoms with Gasteiger partial charge in [0.25, 0.3) is 0 Å². The number of para-hydroxylation sites is 1. The van der Waals surface area contributed by atoms with Crippen LogP contribution in [0.2, 0.25) is 0 Å². The molecule has 2 amide bonds. The van der Waals surface area contributed by atoms with Crippen LogP contribution in [0.1, 0.15) is 25.3 Å². The third-order valence-electron chi connectivity index (χ3n) is 5.60. The van der Waals surface area contributed by atoms with E-state index in [1.54, 1.807) is 0 Å². The second kappa shape index (κ2) is 10.0. The third kappa shape index (κ3) is 5.77. The highest BCUT2D eigenvalue weighted by Gasteiger charge is 2.25. The van der Waals surface area contributed by atoms with Crippen LogP contribution >= 0.6 is 0 Å². The van der Waals surface area contributed by atoms with E-state index in [2.05, 4.69) is 17.1 Å². The maximum Gasteiger partial charge on any atom is 0.238 e. The van der Waals surface area contributed by atoms with Crippen LogP contribution in [0, 0.1) is 0 Å². The zero-order valence-corrected chi connectivity index (χ0v) is 16.8. The summed E-state index contributed by atoms with van der Waals surface area (Å²) in [6, 6.07) is 7.88. The van der Waals surface area contributed by atoms with Gasteiger partial charge >= 0.3 is 0 Å². The van der Waals surface area contributed by atoms with Gasteiger partial charge in [0.1, 0.15) is 0 Å². The van der Waals surface area contributed by atoms with Crippen LogP contribution in [0.5, 0.6) is 0 Å². The van der Waals surface area contributed by atoms with Crippen molar-refractivity contribution in [1.82, 2.24) is 14.7 Å². The number of amides is 2. The first-order valence-electron chi connectivity index (χ1n) is 10.3. The molecular weight excluding hydrogens is 356 g/mol.